The van der Waals surface area contributed by atoms with Crippen LogP contribution < -0.4 is 5.32 Å². The van der Waals surface area contributed by atoms with Gasteiger partial charge in [0.1, 0.15) is 0 Å². The Bertz CT molecular complexity index is 269. The number of likely N-dealkylation sites (N-methyl/N-ethyl adjacent to an activating group) is 1. The number of rotatable bonds is 9. The molecule has 1 rings (SSSR count). The van der Waals surface area contributed by atoms with Gasteiger partial charge >= 0.3 is 0 Å². The van der Waals surface area contributed by atoms with Crippen molar-refractivity contribution in [1.82, 2.24) is 15.1 Å². The van der Waals surface area contributed by atoms with Gasteiger partial charge < -0.3 is 15.1 Å². The van der Waals surface area contributed by atoms with E-state index >= 15 is 0 Å². The molecule has 7 heteroatoms. The van der Waals surface area contributed by atoms with Crippen molar-refractivity contribution in [3.63, 3.8) is 0 Å². The Morgan fingerprint density at radius 2 is 2.00 bits per heavy atom. The molecule has 1 aliphatic heterocycles. The molecule has 0 aliphatic carbocycles. The monoisotopic (exact) mass is 359 g/mol. The molecule has 0 aromatic carbocycles. The Labute approximate surface area is 146 Å². The lowest BCUT2D eigenvalue weighted by molar-refractivity contribution is -0.129. The topological polar surface area (TPSA) is 35.6 Å². The third-order valence-electron chi connectivity index (χ3n) is 3.81. The Morgan fingerprint density at radius 1 is 1.33 bits per heavy atom. The van der Waals surface area contributed by atoms with Crippen LogP contribution in [0.4, 0.5) is 0 Å². The molecule has 1 fully saturated rings. The smallest absolute Gasteiger partial charge is 0.232 e. The molecule has 1 unspecified atom stereocenters. The summed E-state index contributed by atoms with van der Waals surface area (Å²) in [5, 5.41) is 3.18. The van der Waals surface area contributed by atoms with Gasteiger partial charge in [0.15, 0.2) is 0 Å². The highest BCUT2D eigenvalue weighted by atomic mass is 35.5. The number of hydrogen-bond donors (Lipinski definition) is 1. The highest BCUT2D eigenvalue weighted by Crippen LogP contribution is 2.18. The van der Waals surface area contributed by atoms with E-state index in [1.54, 1.807) is 11.8 Å². The van der Waals surface area contributed by atoms with Gasteiger partial charge in [0.25, 0.3) is 0 Å². The van der Waals surface area contributed by atoms with Crippen LogP contribution in [0, 0.1) is 0 Å². The molecule has 1 saturated heterocycles. The van der Waals surface area contributed by atoms with E-state index in [-0.39, 0.29) is 24.8 Å². The first-order chi connectivity index (χ1) is 9.22. The van der Waals surface area contributed by atoms with Crippen LogP contribution in [0.15, 0.2) is 0 Å². The minimum atomic E-state index is 0. The normalized spacial score (nSPS) is 17.5. The Hall–Kier alpha value is 0.320. The molecule has 0 bridgehead atoms. The number of amides is 1. The highest BCUT2D eigenvalue weighted by molar-refractivity contribution is 7.99. The van der Waals surface area contributed by atoms with Gasteiger partial charge in [-0.1, -0.05) is 13.8 Å². The third-order valence-corrected chi connectivity index (χ3v) is 4.73. The molecule has 4 nitrogen and oxygen atoms in total. The molecule has 0 saturated carbocycles. The molecule has 1 aliphatic rings. The lowest BCUT2D eigenvalue weighted by Crippen LogP contribution is -2.41. The number of nitrogens with one attached hydrogen (secondary N) is 1. The fourth-order valence-corrected chi connectivity index (χ4v) is 3.46. The molecular formula is C14H31Cl2N3OS. The second-order valence-electron chi connectivity index (χ2n) is 5.02. The van der Waals surface area contributed by atoms with Gasteiger partial charge in [-0.25, -0.2) is 0 Å². The quantitative estimate of drug-likeness (QED) is 0.639. The van der Waals surface area contributed by atoms with E-state index in [2.05, 4.69) is 29.0 Å². The maximum Gasteiger partial charge on any atom is 0.232 e. The van der Waals surface area contributed by atoms with Crippen molar-refractivity contribution < 1.29 is 4.79 Å². The second-order valence-corrected chi connectivity index (χ2v) is 6.13. The SMILES string of the molecule is CCN(CC)CCSCC(=O)N1CCCC1CNC.Cl.Cl. The minimum absolute atomic E-state index is 0. The molecule has 0 aromatic rings. The number of halogens is 2. The largest absolute Gasteiger partial charge is 0.338 e. The zero-order valence-corrected chi connectivity index (χ0v) is 15.9. The number of nitrogens with zero attached hydrogens (tertiary/aromatic N) is 2. The molecule has 1 amide bonds. The summed E-state index contributed by atoms with van der Waals surface area (Å²) in [5.41, 5.74) is 0. The van der Waals surface area contributed by atoms with Gasteiger partial charge in [-0.15, -0.1) is 24.8 Å². The van der Waals surface area contributed by atoms with Crippen molar-refractivity contribution in [2.45, 2.75) is 32.7 Å². The maximum absolute atomic E-state index is 12.2. The third kappa shape index (κ3) is 8.50. The summed E-state index contributed by atoms with van der Waals surface area (Å²) >= 11 is 1.77. The van der Waals surface area contributed by atoms with Crippen LogP contribution in [0.3, 0.4) is 0 Å². The standard InChI is InChI=1S/C14H29N3OS.2ClH/c1-4-16(5-2)9-10-19-12-14(18)17-8-6-7-13(17)11-15-3;;/h13,15H,4-12H2,1-3H3;2*1H. The van der Waals surface area contributed by atoms with Crippen LogP contribution in [0.25, 0.3) is 0 Å². The van der Waals surface area contributed by atoms with Crippen LogP contribution in [-0.4, -0.2) is 73.0 Å². The summed E-state index contributed by atoms with van der Waals surface area (Å²) < 4.78 is 0. The van der Waals surface area contributed by atoms with Crippen LogP contribution in [0.2, 0.25) is 0 Å². The van der Waals surface area contributed by atoms with Crippen molar-refractivity contribution >= 4 is 42.5 Å². The molecule has 1 N–H and O–H groups in total. The molecule has 0 radical (unpaired) electrons. The van der Waals surface area contributed by atoms with Crippen molar-refractivity contribution in [3.8, 4) is 0 Å². The summed E-state index contributed by atoms with van der Waals surface area (Å²) in [6.07, 6.45) is 2.30. The number of thioether (sulfide) groups is 1. The van der Waals surface area contributed by atoms with Gasteiger partial charge in [-0.05, 0) is 33.0 Å². The summed E-state index contributed by atoms with van der Waals surface area (Å²) in [5.74, 6) is 2.02. The second kappa shape index (κ2) is 13.9. The van der Waals surface area contributed by atoms with E-state index < -0.39 is 0 Å². The van der Waals surface area contributed by atoms with Crippen molar-refractivity contribution in [3.05, 3.63) is 0 Å². The zero-order chi connectivity index (χ0) is 14.1. The van der Waals surface area contributed by atoms with Crippen LogP contribution >= 0.6 is 36.6 Å². The fraction of sp³-hybridized carbons (Fsp3) is 0.929. The Kier molecular flexibility index (Phi) is 15.7. The number of hydrogen-bond acceptors (Lipinski definition) is 4. The van der Waals surface area contributed by atoms with Gasteiger partial charge in [-0.2, -0.15) is 11.8 Å². The Balaban J connectivity index is 0. The van der Waals surface area contributed by atoms with E-state index in [1.165, 1.54) is 0 Å². The van der Waals surface area contributed by atoms with Gasteiger partial charge in [0, 0.05) is 31.4 Å². The van der Waals surface area contributed by atoms with E-state index in [4.69, 9.17) is 0 Å². The molecule has 1 heterocycles. The number of carbonyl (C=O) groups excluding carboxylic acids is 1. The highest BCUT2D eigenvalue weighted by Gasteiger charge is 2.27. The molecule has 128 valence electrons. The van der Waals surface area contributed by atoms with E-state index in [0.717, 1.165) is 51.3 Å². The van der Waals surface area contributed by atoms with E-state index in [1.807, 2.05) is 7.05 Å². The molecule has 21 heavy (non-hydrogen) atoms. The first-order valence-electron chi connectivity index (χ1n) is 7.47. The summed E-state index contributed by atoms with van der Waals surface area (Å²) in [7, 11) is 1.96. The van der Waals surface area contributed by atoms with Crippen LogP contribution in [0.5, 0.6) is 0 Å². The molecule has 0 aromatic heterocycles. The van der Waals surface area contributed by atoms with Crippen molar-refractivity contribution in [2.75, 3.05) is 51.3 Å². The van der Waals surface area contributed by atoms with Crippen LogP contribution in [-0.2, 0) is 4.79 Å². The van der Waals surface area contributed by atoms with Crippen LogP contribution in [0.1, 0.15) is 26.7 Å². The van der Waals surface area contributed by atoms with Gasteiger partial charge in [-0.3, -0.25) is 4.79 Å². The van der Waals surface area contributed by atoms with Crippen molar-refractivity contribution in [2.24, 2.45) is 0 Å². The summed E-state index contributed by atoms with van der Waals surface area (Å²) in [4.78, 5) is 16.6. The predicted molar refractivity (Wildman–Crippen MR) is 98.3 cm³/mol. The Morgan fingerprint density at radius 3 is 2.57 bits per heavy atom. The molecule has 1 atom stereocenters. The summed E-state index contributed by atoms with van der Waals surface area (Å²) in [6.45, 7) is 9.53. The molecular weight excluding hydrogens is 329 g/mol. The minimum Gasteiger partial charge on any atom is -0.338 e. The first-order valence-corrected chi connectivity index (χ1v) is 8.62. The number of likely N-dealkylation sites (tertiary alicyclic amines) is 1. The van der Waals surface area contributed by atoms with Gasteiger partial charge in [0.05, 0.1) is 5.75 Å². The lowest BCUT2D eigenvalue weighted by Gasteiger charge is -2.24. The average Bonchev–Trinajstić information content (AvgIpc) is 2.87. The summed E-state index contributed by atoms with van der Waals surface area (Å²) in [6, 6.07) is 0.417. The fourth-order valence-electron chi connectivity index (χ4n) is 2.59. The first kappa shape index (κ1) is 23.6. The lowest BCUT2D eigenvalue weighted by atomic mass is 10.2. The van der Waals surface area contributed by atoms with Gasteiger partial charge in [0.2, 0.25) is 5.91 Å². The van der Waals surface area contributed by atoms with Crippen molar-refractivity contribution in [1.29, 1.82) is 0 Å². The average molecular weight is 360 g/mol. The predicted octanol–water partition coefficient (Wildman–Crippen LogP) is 2.12. The number of carbonyl (C=O) groups is 1. The van der Waals surface area contributed by atoms with E-state index in [9.17, 15) is 4.79 Å². The maximum atomic E-state index is 12.2. The molecule has 0 spiro atoms. The van der Waals surface area contributed by atoms with E-state index in [0.29, 0.717) is 17.7 Å². The zero-order valence-electron chi connectivity index (χ0n) is 13.5.